The maximum absolute atomic E-state index is 9.61. The molecule has 0 bridgehead atoms. The van der Waals surface area contributed by atoms with Gasteiger partial charge in [-0.3, -0.25) is 0 Å². The normalized spacial score (nSPS) is 12.1. The first-order valence-electron chi connectivity index (χ1n) is 9.20. The predicted octanol–water partition coefficient (Wildman–Crippen LogP) is 5.23. The highest BCUT2D eigenvalue weighted by Crippen LogP contribution is 2.39. The molecule has 1 N–H and O–H groups in total. The molecule has 0 aliphatic rings. The van der Waals surface area contributed by atoms with E-state index in [0.717, 1.165) is 29.0 Å². The molecule has 2 rings (SSSR count). The van der Waals surface area contributed by atoms with E-state index >= 15 is 0 Å². The molecule has 0 atom stereocenters. The maximum Gasteiger partial charge on any atom is 0.164 e. The van der Waals surface area contributed by atoms with Gasteiger partial charge in [-0.25, -0.2) is 0 Å². The van der Waals surface area contributed by atoms with Gasteiger partial charge < -0.3 is 14.6 Å². The maximum atomic E-state index is 9.61. The van der Waals surface area contributed by atoms with Crippen molar-refractivity contribution in [2.45, 2.75) is 58.5 Å². The number of aliphatic hydroxyl groups excluding tert-OH is 1. The summed E-state index contributed by atoms with van der Waals surface area (Å²) in [5.74, 6) is 1.60. The highest BCUT2D eigenvalue weighted by molar-refractivity contribution is 5.49. The molecule has 142 valence electrons. The van der Waals surface area contributed by atoms with Gasteiger partial charge in [-0.2, -0.15) is 0 Å². The molecule has 0 heterocycles. The SMILES string of the molecule is COc1c(OCCC(C)(C)c2ccccc2CO)cccc1C(C)(C)C. The van der Waals surface area contributed by atoms with Gasteiger partial charge in [-0.1, -0.05) is 71.0 Å². The van der Waals surface area contributed by atoms with Crippen LogP contribution in [0, 0.1) is 0 Å². The Morgan fingerprint density at radius 2 is 1.54 bits per heavy atom. The molecule has 0 saturated heterocycles. The van der Waals surface area contributed by atoms with Crippen molar-refractivity contribution in [2.24, 2.45) is 0 Å². The van der Waals surface area contributed by atoms with Crippen LogP contribution in [0.25, 0.3) is 0 Å². The van der Waals surface area contributed by atoms with E-state index in [2.05, 4.69) is 46.8 Å². The van der Waals surface area contributed by atoms with Crippen LogP contribution in [0.2, 0.25) is 0 Å². The van der Waals surface area contributed by atoms with E-state index in [1.165, 1.54) is 5.56 Å². The van der Waals surface area contributed by atoms with Gasteiger partial charge in [0.15, 0.2) is 11.5 Å². The predicted molar refractivity (Wildman–Crippen MR) is 107 cm³/mol. The molecule has 0 aliphatic heterocycles. The molecular weight excluding hydrogens is 324 g/mol. The summed E-state index contributed by atoms with van der Waals surface area (Å²) in [6.45, 7) is 11.5. The number of hydrogen-bond donors (Lipinski definition) is 1. The average Bonchev–Trinajstić information content (AvgIpc) is 2.60. The van der Waals surface area contributed by atoms with Crippen LogP contribution < -0.4 is 9.47 Å². The number of ether oxygens (including phenoxy) is 2. The molecule has 0 unspecified atom stereocenters. The molecule has 0 saturated carbocycles. The minimum absolute atomic E-state index is 0.00987. The Kier molecular flexibility index (Phi) is 6.35. The second-order valence-corrected chi connectivity index (χ2v) is 8.38. The smallest absolute Gasteiger partial charge is 0.164 e. The van der Waals surface area contributed by atoms with E-state index in [9.17, 15) is 5.11 Å². The van der Waals surface area contributed by atoms with Crippen LogP contribution in [-0.2, 0) is 17.4 Å². The zero-order chi connectivity index (χ0) is 19.4. The van der Waals surface area contributed by atoms with Crippen LogP contribution in [0.1, 0.15) is 57.7 Å². The number of hydrogen-bond acceptors (Lipinski definition) is 3. The molecule has 2 aromatic rings. The van der Waals surface area contributed by atoms with Gasteiger partial charge in [-0.05, 0) is 34.4 Å². The number of para-hydroxylation sites is 1. The lowest BCUT2D eigenvalue weighted by Crippen LogP contribution is -2.22. The molecule has 0 amide bonds. The summed E-state index contributed by atoms with van der Waals surface area (Å²) in [6, 6.07) is 14.1. The highest BCUT2D eigenvalue weighted by Gasteiger charge is 2.25. The van der Waals surface area contributed by atoms with Crippen molar-refractivity contribution < 1.29 is 14.6 Å². The lowest BCUT2D eigenvalue weighted by Gasteiger charge is -2.28. The Bertz CT molecular complexity index is 726. The minimum Gasteiger partial charge on any atom is -0.493 e. The van der Waals surface area contributed by atoms with Crippen LogP contribution in [0.4, 0.5) is 0 Å². The molecule has 0 aliphatic carbocycles. The lowest BCUT2D eigenvalue weighted by molar-refractivity contribution is 0.251. The molecule has 0 aromatic heterocycles. The zero-order valence-electron chi connectivity index (χ0n) is 16.9. The lowest BCUT2D eigenvalue weighted by atomic mass is 9.79. The van der Waals surface area contributed by atoms with Crippen molar-refractivity contribution in [3.63, 3.8) is 0 Å². The molecular formula is C23H32O3. The Hall–Kier alpha value is -2.00. The topological polar surface area (TPSA) is 38.7 Å². The standard InChI is InChI=1S/C23H32O3/c1-22(2,3)19-12-9-13-20(21(19)25-6)26-15-14-23(4,5)18-11-8-7-10-17(18)16-24/h7-13,24H,14-16H2,1-6H3. The Morgan fingerprint density at radius 3 is 2.15 bits per heavy atom. The number of aliphatic hydroxyl groups is 1. The van der Waals surface area contributed by atoms with Gasteiger partial charge in [0.25, 0.3) is 0 Å². The van der Waals surface area contributed by atoms with Crippen LogP contribution >= 0.6 is 0 Å². The first-order valence-corrected chi connectivity index (χ1v) is 9.20. The Morgan fingerprint density at radius 1 is 0.885 bits per heavy atom. The Balaban J connectivity index is 2.15. The van der Waals surface area contributed by atoms with Crippen LogP contribution in [0.5, 0.6) is 11.5 Å². The van der Waals surface area contributed by atoms with Gasteiger partial charge in [0.1, 0.15) is 0 Å². The summed E-state index contributed by atoms with van der Waals surface area (Å²) in [4.78, 5) is 0. The minimum atomic E-state index is -0.0891. The van der Waals surface area contributed by atoms with E-state index in [1.807, 2.05) is 30.3 Å². The van der Waals surface area contributed by atoms with Crippen molar-refractivity contribution in [2.75, 3.05) is 13.7 Å². The fourth-order valence-electron chi connectivity index (χ4n) is 3.30. The Labute approximate surface area is 158 Å². The van der Waals surface area contributed by atoms with Crippen LogP contribution in [0.15, 0.2) is 42.5 Å². The first kappa shape index (κ1) is 20.3. The summed E-state index contributed by atoms with van der Waals surface area (Å²) < 4.78 is 11.8. The molecule has 2 aromatic carbocycles. The quantitative estimate of drug-likeness (QED) is 0.738. The summed E-state index contributed by atoms with van der Waals surface area (Å²) in [5, 5.41) is 9.61. The molecule has 3 nitrogen and oxygen atoms in total. The third-order valence-electron chi connectivity index (χ3n) is 4.89. The van der Waals surface area contributed by atoms with Crippen molar-refractivity contribution in [1.82, 2.24) is 0 Å². The fourth-order valence-corrected chi connectivity index (χ4v) is 3.30. The first-order chi connectivity index (χ1) is 12.2. The van der Waals surface area contributed by atoms with E-state index in [1.54, 1.807) is 7.11 Å². The molecule has 0 radical (unpaired) electrons. The number of benzene rings is 2. The van der Waals surface area contributed by atoms with Crippen molar-refractivity contribution in [1.29, 1.82) is 0 Å². The second kappa shape index (κ2) is 8.13. The molecule has 3 heteroatoms. The van der Waals surface area contributed by atoms with Gasteiger partial charge in [-0.15, -0.1) is 0 Å². The fraction of sp³-hybridized carbons (Fsp3) is 0.478. The highest BCUT2D eigenvalue weighted by atomic mass is 16.5. The third kappa shape index (κ3) is 4.59. The van der Waals surface area contributed by atoms with Crippen molar-refractivity contribution >= 4 is 0 Å². The zero-order valence-corrected chi connectivity index (χ0v) is 16.9. The average molecular weight is 357 g/mol. The van der Waals surface area contributed by atoms with E-state index < -0.39 is 0 Å². The van der Waals surface area contributed by atoms with Crippen LogP contribution in [0.3, 0.4) is 0 Å². The van der Waals surface area contributed by atoms with E-state index in [0.29, 0.717) is 6.61 Å². The summed E-state index contributed by atoms with van der Waals surface area (Å²) in [5.41, 5.74) is 3.19. The molecule has 0 spiro atoms. The van der Waals surface area contributed by atoms with E-state index in [4.69, 9.17) is 9.47 Å². The second-order valence-electron chi connectivity index (χ2n) is 8.38. The van der Waals surface area contributed by atoms with E-state index in [-0.39, 0.29) is 17.4 Å². The molecule has 26 heavy (non-hydrogen) atoms. The largest absolute Gasteiger partial charge is 0.493 e. The third-order valence-corrected chi connectivity index (χ3v) is 4.89. The summed E-state index contributed by atoms with van der Waals surface area (Å²) in [6.07, 6.45) is 0.840. The van der Waals surface area contributed by atoms with Crippen molar-refractivity contribution in [3.05, 3.63) is 59.2 Å². The van der Waals surface area contributed by atoms with Gasteiger partial charge in [0.05, 0.1) is 20.3 Å². The van der Waals surface area contributed by atoms with Crippen LogP contribution in [-0.4, -0.2) is 18.8 Å². The number of methoxy groups -OCH3 is 1. The molecule has 0 fully saturated rings. The summed E-state index contributed by atoms with van der Waals surface area (Å²) in [7, 11) is 1.69. The monoisotopic (exact) mass is 356 g/mol. The number of rotatable bonds is 7. The van der Waals surface area contributed by atoms with Gasteiger partial charge in [0.2, 0.25) is 0 Å². The van der Waals surface area contributed by atoms with Crippen molar-refractivity contribution in [3.8, 4) is 11.5 Å². The van der Waals surface area contributed by atoms with Gasteiger partial charge in [0, 0.05) is 5.56 Å². The summed E-state index contributed by atoms with van der Waals surface area (Å²) >= 11 is 0. The van der Waals surface area contributed by atoms with Gasteiger partial charge >= 0.3 is 0 Å².